The number of nitrogens with one attached hydrogen (secondary N) is 1. The minimum atomic E-state index is -0.600. The van der Waals surface area contributed by atoms with Gasteiger partial charge in [0.25, 0.3) is 5.91 Å². The normalized spacial score (nSPS) is 10.7. The van der Waals surface area contributed by atoms with Gasteiger partial charge < -0.3 is 19.5 Å². The van der Waals surface area contributed by atoms with Gasteiger partial charge in [0, 0.05) is 11.8 Å². The predicted octanol–water partition coefficient (Wildman–Crippen LogP) is 5.08. The van der Waals surface area contributed by atoms with Crippen molar-refractivity contribution >= 4 is 23.6 Å². The molecule has 0 bridgehead atoms. The fourth-order valence-corrected chi connectivity index (χ4v) is 2.76. The maximum absolute atomic E-state index is 12.1. The third kappa shape index (κ3) is 7.81. The zero-order valence-electron chi connectivity index (χ0n) is 18.7. The summed E-state index contributed by atoms with van der Waals surface area (Å²) in [4.78, 5) is 24.1. The largest absolute Gasteiger partial charge is 0.490 e. The van der Waals surface area contributed by atoms with Crippen LogP contribution in [0.4, 0.5) is 5.69 Å². The molecule has 0 radical (unpaired) electrons. The second-order valence-electron chi connectivity index (χ2n) is 7.08. The molecule has 0 saturated heterocycles. The molecule has 166 valence electrons. The second-order valence-corrected chi connectivity index (χ2v) is 7.08. The number of carbonyl (C=O) groups excluding carboxylic acids is 2. The maximum Gasteiger partial charge on any atom is 0.331 e. The van der Waals surface area contributed by atoms with Crippen LogP contribution in [-0.2, 0) is 14.3 Å². The lowest BCUT2D eigenvalue weighted by molar-refractivity contribution is -0.142. The summed E-state index contributed by atoms with van der Waals surface area (Å²) in [7, 11) is 0. The average molecular weight is 426 g/mol. The van der Waals surface area contributed by atoms with E-state index in [1.54, 1.807) is 6.08 Å². The van der Waals surface area contributed by atoms with Gasteiger partial charge in [-0.2, -0.15) is 0 Å². The Kier molecular flexibility index (Phi) is 9.62. The van der Waals surface area contributed by atoms with Crippen molar-refractivity contribution in [3.63, 3.8) is 0 Å². The van der Waals surface area contributed by atoms with Crippen molar-refractivity contribution in [2.45, 2.75) is 40.5 Å². The van der Waals surface area contributed by atoms with E-state index in [4.69, 9.17) is 14.2 Å². The summed E-state index contributed by atoms with van der Waals surface area (Å²) in [5, 5.41) is 2.76. The van der Waals surface area contributed by atoms with Crippen LogP contribution in [0.2, 0.25) is 0 Å². The van der Waals surface area contributed by atoms with Crippen LogP contribution in [0, 0.1) is 13.8 Å². The number of hydrogen-bond donors (Lipinski definition) is 1. The molecule has 31 heavy (non-hydrogen) atoms. The van der Waals surface area contributed by atoms with E-state index in [1.807, 2.05) is 57.2 Å². The fourth-order valence-electron chi connectivity index (χ4n) is 2.76. The maximum atomic E-state index is 12.1. The summed E-state index contributed by atoms with van der Waals surface area (Å²) in [6.07, 6.45) is 4.92. The van der Waals surface area contributed by atoms with Gasteiger partial charge in [-0.1, -0.05) is 31.5 Å². The summed E-state index contributed by atoms with van der Waals surface area (Å²) in [5.41, 5.74) is 3.53. The molecule has 6 heteroatoms. The van der Waals surface area contributed by atoms with E-state index in [-0.39, 0.29) is 12.5 Å². The molecule has 0 heterocycles. The Morgan fingerprint density at radius 1 is 1.03 bits per heavy atom. The Morgan fingerprint density at radius 2 is 1.84 bits per heavy atom. The van der Waals surface area contributed by atoms with Crippen molar-refractivity contribution in [2.24, 2.45) is 0 Å². The number of hydrogen-bond acceptors (Lipinski definition) is 5. The van der Waals surface area contributed by atoms with Crippen LogP contribution < -0.4 is 14.8 Å². The summed E-state index contributed by atoms with van der Waals surface area (Å²) < 4.78 is 16.4. The molecular formula is C25H31NO5. The number of benzene rings is 2. The van der Waals surface area contributed by atoms with Crippen molar-refractivity contribution in [1.82, 2.24) is 0 Å². The third-order valence-electron chi connectivity index (χ3n) is 4.66. The SMILES string of the molecule is CCCCOc1ccc(/C=C/C(=O)OCC(=O)Nc2cccc(C)c2C)cc1OCC. The Labute approximate surface area is 184 Å². The molecule has 1 N–H and O–H groups in total. The van der Waals surface area contributed by atoms with Crippen molar-refractivity contribution < 1.29 is 23.8 Å². The highest BCUT2D eigenvalue weighted by Crippen LogP contribution is 2.29. The number of rotatable bonds is 11. The molecule has 2 aromatic rings. The first kappa shape index (κ1) is 24.0. The highest BCUT2D eigenvalue weighted by molar-refractivity contribution is 5.95. The van der Waals surface area contributed by atoms with Crippen LogP contribution >= 0.6 is 0 Å². The number of anilines is 1. The molecule has 2 rings (SSSR count). The summed E-state index contributed by atoms with van der Waals surface area (Å²) in [6.45, 7) is 8.68. The van der Waals surface area contributed by atoms with Crippen molar-refractivity contribution in [1.29, 1.82) is 0 Å². The Morgan fingerprint density at radius 3 is 2.58 bits per heavy atom. The molecular weight excluding hydrogens is 394 g/mol. The molecule has 0 saturated carbocycles. The number of ether oxygens (including phenoxy) is 3. The van der Waals surface area contributed by atoms with Gasteiger partial charge in [0.05, 0.1) is 13.2 Å². The van der Waals surface area contributed by atoms with Crippen molar-refractivity contribution in [2.75, 3.05) is 25.1 Å². The number of aryl methyl sites for hydroxylation is 1. The standard InChI is InChI=1S/C25H31NO5/c1-5-7-15-30-22-13-11-20(16-23(22)29-6-2)12-14-25(28)31-17-24(27)26-21-10-8-9-18(3)19(21)4/h8-14,16H,5-7,15,17H2,1-4H3,(H,26,27)/b14-12+. The molecule has 0 aliphatic carbocycles. The molecule has 0 aromatic heterocycles. The molecule has 2 aromatic carbocycles. The highest BCUT2D eigenvalue weighted by Gasteiger charge is 2.09. The van der Waals surface area contributed by atoms with Gasteiger partial charge in [-0.3, -0.25) is 4.79 Å². The first-order chi connectivity index (χ1) is 14.9. The number of unbranched alkanes of at least 4 members (excludes halogenated alkanes) is 1. The minimum absolute atomic E-state index is 0.356. The van der Waals surface area contributed by atoms with Gasteiger partial charge >= 0.3 is 5.97 Å². The zero-order valence-corrected chi connectivity index (χ0v) is 18.7. The van der Waals surface area contributed by atoms with Gasteiger partial charge in [0.2, 0.25) is 0 Å². The third-order valence-corrected chi connectivity index (χ3v) is 4.66. The van der Waals surface area contributed by atoms with E-state index in [0.29, 0.717) is 30.4 Å². The molecule has 0 aliphatic heterocycles. The molecule has 0 spiro atoms. The highest BCUT2D eigenvalue weighted by atomic mass is 16.5. The molecule has 0 aliphatic rings. The molecule has 6 nitrogen and oxygen atoms in total. The molecule has 0 fully saturated rings. The topological polar surface area (TPSA) is 73.9 Å². The number of amides is 1. The number of carbonyl (C=O) groups is 2. The Hall–Kier alpha value is -3.28. The smallest absolute Gasteiger partial charge is 0.331 e. The number of esters is 1. The van der Waals surface area contributed by atoms with Crippen LogP contribution in [0.25, 0.3) is 6.08 Å². The summed E-state index contributed by atoms with van der Waals surface area (Å²) in [5.74, 6) is 0.320. The molecule has 1 amide bonds. The van der Waals surface area contributed by atoms with E-state index in [1.165, 1.54) is 6.08 Å². The Balaban J connectivity index is 1.90. The van der Waals surface area contributed by atoms with Gasteiger partial charge in [-0.05, 0) is 68.2 Å². The first-order valence-electron chi connectivity index (χ1n) is 10.5. The van der Waals surface area contributed by atoms with Gasteiger partial charge in [0.15, 0.2) is 18.1 Å². The quantitative estimate of drug-likeness (QED) is 0.309. The Bertz CT molecular complexity index is 920. The van der Waals surface area contributed by atoms with E-state index >= 15 is 0 Å². The van der Waals surface area contributed by atoms with Crippen LogP contribution in [0.3, 0.4) is 0 Å². The lowest BCUT2D eigenvalue weighted by atomic mass is 10.1. The fraction of sp³-hybridized carbons (Fsp3) is 0.360. The lowest BCUT2D eigenvalue weighted by Crippen LogP contribution is -2.20. The van der Waals surface area contributed by atoms with Gasteiger partial charge in [-0.25, -0.2) is 4.79 Å². The van der Waals surface area contributed by atoms with Crippen molar-refractivity contribution in [3.05, 3.63) is 59.2 Å². The van der Waals surface area contributed by atoms with Crippen LogP contribution in [0.5, 0.6) is 11.5 Å². The first-order valence-corrected chi connectivity index (χ1v) is 10.5. The van der Waals surface area contributed by atoms with E-state index in [2.05, 4.69) is 12.2 Å². The zero-order chi connectivity index (χ0) is 22.6. The van der Waals surface area contributed by atoms with Crippen LogP contribution in [-0.4, -0.2) is 31.7 Å². The molecule has 0 atom stereocenters. The van der Waals surface area contributed by atoms with Gasteiger partial charge in [0.1, 0.15) is 0 Å². The van der Waals surface area contributed by atoms with Crippen LogP contribution in [0.1, 0.15) is 43.4 Å². The minimum Gasteiger partial charge on any atom is -0.490 e. The lowest BCUT2D eigenvalue weighted by Gasteiger charge is -2.12. The predicted molar refractivity (Wildman–Crippen MR) is 123 cm³/mol. The summed E-state index contributed by atoms with van der Waals surface area (Å²) in [6, 6.07) is 11.1. The van der Waals surface area contributed by atoms with Gasteiger partial charge in [-0.15, -0.1) is 0 Å². The summed E-state index contributed by atoms with van der Waals surface area (Å²) >= 11 is 0. The van der Waals surface area contributed by atoms with E-state index < -0.39 is 5.97 Å². The van der Waals surface area contributed by atoms with E-state index in [0.717, 1.165) is 29.5 Å². The average Bonchev–Trinajstić information content (AvgIpc) is 2.75. The van der Waals surface area contributed by atoms with E-state index in [9.17, 15) is 9.59 Å². The van der Waals surface area contributed by atoms with Crippen LogP contribution in [0.15, 0.2) is 42.5 Å². The molecule has 0 unspecified atom stereocenters. The van der Waals surface area contributed by atoms with Crippen molar-refractivity contribution in [3.8, 4) is 11.5 Å². The monoisotopic (exact) mass is 425 g/mol. The second kappa shape index (κ2) is 12.4.